The first-order valence-electron chi connectivity index (χ1n) is 7.31. The van der Waals surface area contributed by atoms with E-state index >= 15 is 0 Å². The van der Waals surface area contributed by atoms with Crippen molar-refractivity contribution in [3.8, 4) is 0 Å². The number of hydrogen-bond donors (Lipinski definition) is 3. The van der Waals surface area contributed by atoms with E-state index in [9.17, 15) is 9.90 Å². The summed E-state index contributed by atoms with van der Waals surface area (Å²) in [5.41, 5.74) is 0.406. The quantitative estimate of drug-likeness (QED) is 0.688. The number of nitrogens with one attached hydrogen (secondary N) is 2. The van der Waals surface area contributed by atoms with Crippen LogP contribution in [0.3, 0.4) is 0 Å². The maximum absolute atomic E-state index is 12.1. The molecular weight excluding hydrogens is 228 g/mol. The molecule has 3 N–H and O–H groups in total. The second kappa shape index (κ2) is 4.49. The van der Waals surface area contributed by atoms with E-state index in [1.165, 1.54) is 19.3 Å². The number of rotatable bonds is 4. The molecule has 3 rings (SSSR count). The molecule has 0 bridgehead atoms. The average molecular weight is 252 g/mol. The van der Waals surface area contributed by atoms with Crippen molar-refractivity contribution in [1.82, 2.24) is 10.6 Å². The second-order valence-electron chi connectivity index (χ2n) is 6.51. The van der Waals surface area contributed by atoms with Crippen LogP contribution in [-0.2, 0) is 4.79 Å². The molecule has 2 atom stereocenters. The van der Waals surface area contributed by atoms with Crippen LogP contribution in [0.1, 0.15) is 38.5 Å². The SMILES string of the molecule is O=C(NCC1(CO)CC12CCC2)C1CCCNC1. The highest BCUT2D eigenvalue weighted by Crippen LogP contribution is 2.73. The number of aliphatic hydroxyl groups is 1. The molecule has 1 aliphatic heterocycles. The molecule has 4 heteroatoms. The summed E-state index contributed by atoms with van der Waals surface area (Å²) in [6.45, 7) is 2.76. The molecule has 2 saturated carbocycles. The molecule has 2 aliphatic carbocycles. The molecule has 0 aromatic carbocycles. The summed E-state index contributed by atoms with van der Waals surface area (Å²) in [5, 5.41) is 16.0. The summed E-state index contributed by atoms with van der Waals surface area (Å²) in [5.74, 6) is 0.307. The highest BCUT2D eigenvalue weighted by atomic mass is 16.3. The van der Waals surface area contributed by atoms with Gasteiger partial charge >= 0.3 is 0 Å². The fourth-order valence-corrected chi connectivity index (χ4v) is 3.92. The van der Waals surface area contributed by atoms with Crippen molar-refractivity contribution < 1.29 is 9.90 Å². The van der Waals surface area contributed by atoms with Gasteiger partial charge in [0.15, 0.2) is 0 Å². The van der Waals surface area contributed by atoms with Gasteiger partial charge in [0.1, 0.15) is 0 Å². The van der Waals surface area contributed by atoms with Gasteiger partial charge in [0.2, 0.25) is 5.91 Å². The van der Waals surface area contributed by atoms with Crippen LogP contribution >= 0.6 is 0 Å². The van der Waals surface area contributed by atoms with Crippen molar-refractivity contribution in [3.05, 3.63) is 0 Å². The van der Waals surface area contributed by atoms with Gasteiger partial charge < -0.3 is 15.7 Å². The lowest BCUT2D eigenvalue weighted by Gasteiger charge is -2.32. The molecule has 0 aromatic rings. The molecular formula is C14H24N2O2. The number of carbonyl (C=O) groups excluding carboxylic acids is 1. The smallest absolute Gasteiger partial charge is 0.224 e. The molecule has 18 heavy (non-hydrogen) atoms. The third-order valence-corrected chi connectivity index (χ3v) is 5.56. The van der Waals surface area contributed by atoms with Crippen molar-refractivity contribution in [3.63, 3.8) is 0 Å². The van der Waals surface area contributed by atoms with Gasteiger partial charge in [-0.05, 0) is 44.1 Å². The van der Waals surface area contributed by atoms with Crippen LogP contribution in [0.15, 0.2) is 0 Å². The van der Waals surface area contributed by atoms with Crippen LogP contribution in [-0.4, -0.2) is 37.3 Å². The van der Waals surface area contributed by atoms with E-state index in [-0.39, 0.29) is 23.8 Å². The fraction of sp³-hybridized carbons (Fsp3) is 0.929. The molecule has 2 unspecified atom stereocenters. The van der Waals surface area contributed by atoms with E-state index in [2.05, 4.69) is 10.6 Å². The van der Waals surface area contributed by atoms with Gasteiger partial charge in [-0.2, -0.15) is 0 Å². The highest BCUT2D eigenvalue weighted by Gasteiger charge is 2.68. The minimum atomic E-state index is 0.0169. The second-order valence-corrected chi connectivity index (χ2v) is 6.51. The maximum Gasteiger partial charge on any atom is 0.224 e. The van der Waals surface area contributed by atoms with Crippen LogP contribution in [0.25, 0.3) is 0 Å². The predicted octanol–water partition coefficient (Wildman–Crippen LogP) is 0.655. The fourth-order valence-electron chi connectivity index (χ4n) is 3.92. The van der Waals surface area contributed by atoms with Crippen LogP contribution in [0.5, 0.6) is 0 Å². The largest absolute Gasteiger partial charge is 0.396 e. The van der Waals surface area contributed by atoms with Crippen LogP contribution < -0.4 is 10.6 Å². The Hall–Kier alpha value is -0.610. The van der Waals surface area contributed by atoms with Crippen molar-refractivity contribution >= 4 is 5.91 Å². The lowest BCUT2D eigenvalue weighted by atomic mass is 9.75. The Morgan fingerprint density at radius 1 is 1.39 bits per heavy atom. The van der Waals surface area contributed by atoms with Gasteiger partial charge in [0.05, 0.1) is 12.5 Å². The minimum Gasteiger partial charge on any atom is -0.396 e. The van der Waals surface area contributed by atoms with Gasteiger partial charge in [-0.3, -0.25) is 4.79 Å². The van der Waals surface area contributed by atoms with Gasteiger partial charge in [0.25, 0.3) is 0 Å². The van der Waals surface area contributed by atoms with E-state index < -0.39 is 0 Å². The summed E-state index contributed by atoms with van der Waals surface area (Å²) >= 11 is 0. The molecule has 0 radical (unpaired) electrons. The number of amides is 1. The Kier molecular flexibility index (Phi) is 3.10. The van der Waals surface area contributed by atoms with Crippen LogP contribution in [0.2, 0.25) is 0 Å². The zero-order chi connectivity index (χ0) is 12.6. The number of carbonyl (C=O) groups is 1. The molecule has 3 aliphatic rings. The van der Waals surface area contributed by atoms with E-state index in [0.29, 0.717) is 12.0 Å². The Bertz CT molecular complexity index is 335. The topological polar surface area (TPSA) is 61.4 Å². The Morgan fingerprint density at radius 3 is 2.72 bits per heavy atom. The molecule has 0 aromatic heterocycles. The highest BCUT2D eigenvalue weighted by molar-refractivity contribution is 5.79. The first-order chi connectivity index (χ1) is 8.71. The Morgan fingerprint density at radius 2 is 2.22 bits per heavy atom. The van der Waals surface area contributed by atoms with Crippen molar-refractivity contribution in [2.24, 2.45) is 16.7 Å². The molecule has 4 nitrogen and oxygen atoms in total. The molecule has 1 amide bonds. The minimum absolute atomic E-state index is 0.0169. The summed E-state index contributed by atoms with van der Waals surface area (Å²) in [6, 6.07) is 0. The van der Waals surface area contributed by atoms with Crippen molar-refractivity contribution in [1.29, 1.82) is 0 Å². The van der Waals surface area contributed by atoms with Crippen LogP contribution in [0, 0.1) is 16.7 Å². The predicted molar refractivity (Wildman–Crippen MR) is 69.0 cm³/mol. The first kappa shape index (κ1) is 12.4. The summed E-state index contributed by atoms with van der Waals surface area (Å²) in [6.07, 6.45) is 6.98. The number of piperidine rings is 1. The lowest BCUT2D eigenvalue weighted by molar-refractivity contribution is -0.126. The number of hydrogen-bond acceptors (Lipinski definition) is 3. The van der Waals surface area contributed by atoms with Gasteiger partial charge in [-0.1, -0.05) is 6.42 Å². The Balaban J connectivity index is 1.50. The average Bonchev–Trinajstić information content (AvgIpc) is 3.07. The summed E-state index contributed by atoms with van der Waals surface area (Å²) < 4.78 is 0. The van der Waals surface area contributed by atoms with Gasteiger partial charge in [0, 0.05) is 18.5 Å². The van der Waals surface area contributed by atoms with E-state index in [1.807, 2.05) is 0 Å². The van der Waals surface area contributed by atoms with E-state index in [1.54, 1.807) is 0 Å². The summed E-state index contributed by atoms with van der Waals surface area (Å²) in [4.78, 5) is 12.1. The maximum atomic E-state index is 12.1. The third kappa shape index (κ3) is 1.86. The normalized spacial score (nSPS) is 37.1. The van der Waals surface area contributed by atoms with E-state index in [0.717, 1.165) is 32.4 Å². The molecule has 102 valence electrons. The first-order valence-corrected chi connectivity index (χ1v) is 7.31. The van der Waals surface area contributed by atoms with Crippen molar-refractivity contribution in [2.75, 3.05) is 26.2 Å². The van der Waals surface area contributed by atoms with Crippen LogP contribution in [0.4, 0.5) is 0 Å². The molecule has 3 fully saturated rings. The molecule has 1 heterocycles. The molecule has 1 saturated heterocycles. The van der Waals surface area contributed by atoms with Crippen molar-refractivity contribution in [2.45, 2.75) is 38.5 Å². The monoisotopic (exact) mass is 252 g/mol. The summed E-state index contributed by atoms with van der Waals surface area (Å²) in [7, 11) is 0. The van der Waals surface area contributed by atoms with E-state index in [4.69, 9.17) is 0 Å². The lowest BCUT2D eigenvalue weighted by Crippen LogP contribution is -2.44. The number of aliphatic hydroxyl groups excluding tert-OH is 1. The zero-order valence-corrected chi connectivity index (χ0v) is 11.0. The van der Waals surface area contributed by atoms with Gasteiger partial charge in [-0.25, -0.2) is 0 Å². The zero-order valence-electron chi connectivity index (χ0n) is 11.0. The van der Waals surface area contributed by atoms with Gasteiger partial charge in [-0.15, -0.1) is 0 Å². The molecule has 1 spiro atoms. The Labute approximate surface area is 109 Å². The standard InChI is InChI=1S/C14H24N2O2/c17-10-14(8-13(14)4-2-5-13)9-16-12(18)11-3-1-6-15-7-11/h11,15,17H,1-10H2,(H,16,18). The third-order valence-electron chi connectivity index (χ3n) is 5.56.